The number of hydrogen-bond acceptors (Lipinski definition) is 7. The Labute approximate surface area is 134 Å². The molecule has 0 aliphatic rings. The monoisotopic (exact) mass is 340 g/mol. The van der Waals surface area contributed by atoms with Crippen molar-refractivity contribution in [3.8, 4) is 5.75 Å². The lowest BCUT2D eigenvalue weighted by Gasteiger charge is -2.11. The van der Waals surface area contributed by atoms with Crippen molar-refractivity contribution in [1.29, 1.82) is 0 Å². The maximum Gasteiger partial charge on any atom is 0.318 e. The van der Waals surface area contributed by atoms with Crippen molar-refractivity contribution in [3.05, 3.63) is 36.0 Å². The summed E-state index contributed by atoms with van der Waals surface area (Å²) >= 11 is 0.928. The Hall–Kier alpha value is -2.62. The number of carbonyl (C=O) groups is 2. The van der Waals surface area contributed by atoms with Crippen LogP contribution in [0.4, 0.5) is 9.18 Å². The van der Waals surface area contributed by atoms with Gasteiger partial charge < -0.3 is 14.9 Å². The van der Waals surface area contributed by atoms with Gasteiger partial charge in [0.2, 0.25) is 5.91 Å². The Morgan fingerprint density at radius 2 is 2.17 bits per heavy atom. The average molecular weight is 340 g/mol. The van der Waals surface area contributed by atoms with Crippen LogP contribution in [0.15, 0.2) is 33.9 Å². The molecule has 1 aromatic carbocycles. The van der Waals surface area contributed by atoms with Crippen molar-refractivity contribution < 1.29 is 23.1 Å². The van der Waals surface area contributed by atoms with Crippen molar-refractivity contribution in [1.82, 2.24) is 15.5 Å². The summed E-state index contributed by atoms with van der Waals surface area (Å²) in [4.78, 5) is 21.8. The van der Waals surface area contributed by atoms with E-state index in [-0.39, 0.29) is 22.6 Å². The molecule has 1 atom stereocenters. The number of ether oxygens (including phenoxy) is 1. The minimum Gasteiger partial charge on any atom is -0.478 e. The number of benzene rings is 1. The molecular weight excluding hydrogens is 327 g/mol. The third-order valence-electron chi connectivity index (χ3n) is 2.50. The molecule has 0 aliphatic heterocycles. The summed E-state index contributed by atoms with van der Waals surface area (Å²) in [5.41, 5.74) is 4.81. The average Bonchev–Trinajstić information content (AvgIpc) is 2.96. The number of nitrogens with one attached hydrogen (secondary N) is 1. The Kier molecular flexibility index (Phi) is 5.52. The van der Waals surface area contributed by atoms with Crippen LogP contribution in [0.2, 0.25) is 0 Å². The quantitative estimate of drug-likeness (QED) is 0.767. The van der Waals surface area contributed by atoms with Gasteiger partial charge in [-0.1, -0.05) is 23.9 Å². The van der Waals surface area contributed by atoms with Crippen LogP contribution in [0.3, 0.4) is 0 Å². The molecule has 23 heavy (non-hydrogen) atoms. The van der Waals surface area contributed by atoms with E-state index in [1.165, 1.54) is 12.1 Å². The molecule has 0 saturated carbocycles. The molecule has 1 aromatic heterocycles. The van der Waals surface area contributed by atoms with Gasteiger partial charge in [-0.15, -0.1) is 10.2 Å². The molecule has 0 spiro atoms. The van der Waals surface area contributed by atoms with Gasteiger partial charge in [-0.05, 0) is 19.1 Å². The molecule has 2 rings (SSSR count). The van der Waals surface area contributed by atoms with Crippen molar-refractivity contribution in [2.24, 2.45) is 5.73 Å². The SMILES string of the molecule is C[C@H](Oc1ccccc1F)c1nnc(SCC(=O)NC(N)=O)o1. The van der Waals surface area contributed by atoms with Gasteiger partial charge in [0.25, 0.3) is 11.1 Å². The molecule has 10 heteroatoms. The normalized spacial score (nSPS) is 11.7. The van der Waals surface area contributed by atoms with E-state index >= 15 is 0 Å². The number of urea groups is 1. The van der Waals surface area contributed by atoms with Crippen LogP contribution in [0, 0.1) is 5.82 Å². The number of nitrogens with zero attached hydrogens (tertiary/aromatic N) is 2. The highest BCUT2D eigenvalue weighted by Crippen LogP contribution is 2.25. The minimum atomic E-state index is -0.936. The van der Waals surface area contributed by atoms with Crippen LogP contribution >= 0.6 is 11.8 Å². The zero-order valence-electron chi connectivity index (χ0n) is 12.0. The van der Waals surface area contributed by atoms with Crippen molar-refractivity contribution >= 4 is 23.7 Å². The third-order valence-corrected chi connectivity index (χ3v) is 3.32. The van der Waals surface area contributed by atoms with Crippen LogP contribution in [-0.2, 0) is 4.79 Å². The summed E-state index contributed by atoms with van der Waals surface area (Å²) in [5.74, 6) is -1.01. The summed E-state index contributed by atoms with van der Waals surface area (Å²) in [6, 6.07) is 5.00. The highest BCUT2D eigenvalue weighted by atomic mass is 32.2. The third kappa shape index (κ3) is 4.95. The lowest BCUT2D eigenvalue weighted by atomic mass is 10.3. The van der Waals surface area contributed by atoms with Crippen LogP contribution in [0.25, 0.3) is 0 Å². The van der Waals surface area contributed by atoms with Gasteiger partial charge >= 0.3 is 6.03 Å². The Bertz CT molecular complexity index is 709. The van der Waals surface area contributed by atoms with Gasteiger partial charge in [0.15, 0.2) is 17.7 Å². The molecule has 0 bridgehead atoms. The van der Waals surface area contributed by atoms with Gasteiger partial charge in [0, 0.05) is 0 Å². The van der Waals surface area contributed by atoms with Gasteiger partial charge in [0.05, 0.1) is 5.75 Å². The van der Waals surface area contributed by atoms with E-state index in [4.69, 9.17) is 14.9 Å². The second-order valence-electron chi connectivity index (χ2n) is 4.30. The number of para-hydroxylation sites is 1. The van der Waals surface area contributed by atoms with Crippen LogP contribution in [0.1, 0.15) is 18.9 Å². The molecule has 3 amide bonds. The summed E-state index contributed by atoms with van der Waals surface area (Å²) in [5, 5.41) is 9.52. The molecule has 0 saturated heterocycles. The number of nitrogens with two attached hydrogens (primary N) is 1. The molecule has 0 fully saturated rings. The minimum absolute atomic E-state index is 0.0632. The lowest BCUT2D eigenvalue weighted by molar-refractivity contribution is -0.117. The van der Waals surface area contributed by atoms with Crippen molar-refractivity contribution in [3.63, 3.8) is 0 Å². The maximum absolute atomic E-state index is 13.5. The Balaban J connectivity index is 1.92. The zero-order valence-corrected chi connectivity index (χ0v) is 12.8. The number of imide groups is 1. The molecule has 1 heterocycles. The van der Waals surface area contributed by atoms with Gasteiger partial charge in [-0.2, -0.15) is 0 Å². The fourth-order valence-corrected chi connectivity index (χ4v) is 2.09. The van der Waals surface area contributed by atoms with Crippen LogP contribution in [0.5, 0.6) is 5.75 Å². The largest absolute Gasteiger partial charge is 0.478 e. The second kappa shape index (κ2) is 7.58. The van der Waals surface area contributed by atoms with Crippen LogP contribution in [-0.4, -0.2) is 27.9 Å². The highest BCUT2D eigenvalue weighted by Gasteiger charge is 2.18. The first-order valence-electron chi connectivity index (χ1n) is 6.42. The number of thioether (sulfide) groups is 1. The Morgan fingerprint density at radius 1 is 1.43 bits per heavy atom. The summed E-state index contributed by atoms with van der Waals surface area (Å²) in [6.07, 6.45) is -0.673. The molecular formula is C13H13FN4O4S. The first-order chi connectivity index (χ1) is 11.0. The van der Waals surface area contributed by atoms with E-state index in [9.17, 15) is 14.0 Å². The highest BCUT2D eigenvalue weighted by molar-refractivity contribution is 7.99. The van der Waals surface area contributed by atoms with Gasteiger partial charge in [0.1, 0.15) is 0 Å². The molecule has 0 unspecified atom stereocenters. The number of halogens is 1. The molecule has 8 nitrogen and oxygen atoms in total. The topological polar surface area (TPSA) is 120 Å². The van der Waals surface area contributed by atoms with E-state index in [0.29, 0.717) is 0 Å². The molecule has 3 N–H and O–H groups in total. The fourth-order valence-electron chi connectivity index (χ4n) is 1.52. The second-order valence-corrected chi connectivity index (χ2v) is 5.22. The molecule has 2 aromatic rings. The summed E-state index contributed by atoms with van der Waals surface area (Å²) < 4.78 is 24.2. The van der Waals surface area contributed by atoms with Crippen molar-refractivity contribution in [2.75, 3.05) is 5.75 Å². The molecule has 0 aliphatic carbocycles. The molecule has 122 valence electrons. The van der Waals surface area contributed by atoms with Gasteiger partial charge in [-0.3, -0.25) is 10.1 Å². The van der Waals surface area contributed by atoms with E-state index in [1.807, 2.05) is 5.32 Å². The van der Waals surface area contributed by atoms with E-state index in [2.05, 4.69) is 10.2 Å². The number of primary amides is 1. The van der Waals surface area contributed by atoms with Gasteiger partial charge in [-0.25, -0.2) is 9.18 Å². The Morgan fingerprint density at radius 3 is 2.87 bits per heavy atom. The number of hydrogen-bond donors (Lipinski definition) is 2. The van der Waals surface area contributed by atoms with E-state index < -0.39 is 23.9 Å². The summed E-state index contributed by atoms with van der Waals surface area (Å²) in [6.45, 7) is 1.62. The van der Waals surface area contributed by atoms with E-state index in [0.717, 1.165) is 11.8 Å². The first-order valence-corrected chi connectivity index (χ1v) is 7.41. The molecule has 0 radical (unpaired) electrons. The smallest absolute Gasteiger partial charge is 0.318 e. The van der Waals surface area contributed by atoms with E-state index in [1.54, 1.807) is 19.1 Å². The first kappa shape index (κ1) is 16.7. The number of rotatable bonds is 6. The van der Waals surface area contributed by atoms with Crippen molar-refractivity contribution in [2.45, 2.75) is 18.3 Å². The fraction of sp³-hybridized carbons (Fsp3) is 0.231. The summed E-state index contributed by atoms with van der Waals surface area (Å²) in [7, 11) is 0. The van der Waals surface area contributed by atoms with Crippen LogP contribution < -0.4 is 15.8 Å². The lowest BCUT2D eigenvalue weighted by Crippen LogP contribution is -2.36. The zero-order chi connectivity index (χ0) is 16.8. The maximum atomic E-state index is 13.5. The standard InChI is InChI=1S/C13H13FN4O4S/c1-7(21-9-5-3-2-4-8(9)14)11-17-18-13(22-11)23-6-10(19)16-12(15)20/h2-5,7H,6H2,1H3,(H3,15,16,19,20)/t7-/m0/s1. The number of carbonyl (C=O) groups excluding carboxylic acids is 2. The predicted molar refractivity (Wildman–Crippen MR) is 78.2 cm³/mol. The predicted octanol–water partition coefficient (Wildman–Crippen LogP) is 1.64. The number of amides is 3. The number of aromatic nitrogens is 2.